The Morgan fingerprint density at radius 3 is 1.79 bits per heavy atom. The van der Waals surface area contributed by atoms with E-state index in [0.29, 0.717) is 6.54 Å². The summed E-state index contributed by atoms with van der Waals surface area (Å²) in [6.07, 6.45) is 0. The summed E-state index contributed by atoms with van der Waals surface area (Å²) in [6.45, 7) is 4.82. The molecule has 0 aliphatic heterocycles. The molecular weight excluding hydrogens is 292 g/mol. The van der Waals surface area contributed by atoms with Crippen LogP contribution >= 0.6 is 0 Å². The van der Waals surface area contributed by atoms with E-state index in [1.807, 2.05) is 0 Å². The van der Waals surface area contributed by atoms with Crippen molar-refractivity contribution in [3.8, 4) is 11.1 Å². The molecule has 4 rings (SSSR count). The Balaban J connectivity index is 2.14. The molecule has 0 aliphatic carbocycles. The van der Waals surface area contributed by atoms with E-state index < -0.39 is 0 Å². The van der Waals surface area contributed by atoms with Crippen molar-refractivity contribution >= 4 is 21.8 Å². The van der Waals surface area contributed by atoms with Gasteiger partial charge in [-0.15, -0.1) is 0 Å². The van der Waals surface area contributed by atoms with Crippen LogP contribution in [0.4, 0.5) is 0 Å². The van der Waals surface area contributed by atoms with Gasteiger partial charge in [0.15, 0.2) is 0 Å². The molecule has 0 unspecified atom stereocenters. The van der Waals surface area contributed by atoms with E-state index in [0.717, 1.165) is 16.6 Å². The Morgan fingerprint density at radius 2 is 1.29 bits per heavy atom. The Labute approximate surface area is 142 Å². The van der Waals surface area contributed by atoms with Gasteiger partial charge in [-0.2, -0.15) is 0 Å². The van der Waals surface area contributed by atoms with Crippen LogP contribution in [0.1, 0.15) is 16.7 Å². The highest BCUT2D eigenvalue weighted by atomic mass is 14.7. The minimum Gasteiger partial charge on any atom is -0.326 e. The lowest BCUT2D eigenvalue weighted by Crippen LogP contribution is -1.96. The van der Waals surface area contributed by atoms with E-state index in [1.54, 1.807) is 0 Å². The zero-order valence-electron chi connectivity index (χ0n) is 14.0. The highest BCUT2D eigenvalue weighted by molar-refractivity contribution is 6.09. The first kappa shape index (κ1) is 14.9. The molecule has 1 aromatic heterocycles. The fourth-order valence-electron chi connectivity index (χ4n) is 3.29. The van der Waals surface area contributed by atoms with Crippen LogP contribution in [-0.2, 0) is 6.54 Å². The molecule has 0 atom stereocenters. The number of nitrogens with zero attached hydrogens (tertiary/aromatic N) is 1. The first-order valence-electron chi connectivity index (χ1n) is 8.26. The van der Waals surface area contributed by atoms with Crippen LogP contribution in [0.5, 0.6) is 0 Å². The summed E-state index contributed by atoms with van der Waals surface area (Å²) >= 11 is 0. The van der Waals surface area contributed by atoms with Crippen LogP contribution in [0.2, 0.25) is 0 Å². The van der Waals surface area contributed by atoms with Crippen molar-refractivity contribution in [2.45, 2.75) is 20.4 Å². The molecule has 1 heterocycles. The van der Waals surface area contributed by atoms with Crippen molar-refractivity contribution in [1.82, 2.24) is 4.98 Å². The van der Waals surface area contributed by atoms with Gasteiger partial charge in [-0.25, -0.2) is 4.98 Å². The summed E-state index contributed by atoms with van der Waals surface area (Å²) in [5.74, 6) is 0. The van der Waals surface area contributed by atoms with Crippen molar-refractivity contribution < 1.29 is 0 Å². The molecule has 0 aliphatic rings. The molecule has 2 nitrogen and oxygen atoms in total. The van der Waals surface area contributed by atoms with E-state index in [4.69, 9.17) is 10.7 Å². The highest BCUT2D eigenvalue weighted by Crippen LogP contribution is 2.35. The molecule has 4 aromatic rings. The molecule has 0 fully saturated rings. The van der Waals surface area contributed by atoms with Gasteiger partial charge in [0.2, 0.25) is 0 Å². The molecule has 0 bridgehead atoms. The molecule has 0 saturated heterocycles. The van der Waals surface area contributed by atoms with Gasteiger partial charge in [0.25, 0.3) is 0 Å². The number of aryl methyl sites for hydroxylation is 2. The van der Waals surface area contributed by atoms with Gasteiger partial charge in [0, 0.05) is 22.9 Å². The predicted octanol–water partition coefficient (Wildman–Crippen LogP) is 5.13. The second-order valence-electron chi connectivity index (χ2n) is 6.43. The average Bonchev–Trinajstić information content (AvgIpc) is 2.60. The normalized spacial score (nSPS) is 11.3. The molecule has 0 amide bonds. The SMILES string of the molecule is Cc1ccc2nc3ccc(C)cc3c(-c3ccc(CN)cc3)c2c1. The summed E-state index contributed by atoms with van der Waals surface area (Å²) in [4.78, 5) is 4.86. The van der Waals surface area contributed by atoms with Gasteiger partial charge in [0.1, 0.15) is 0 Å². The molecule has 2 N–H and O–H groups in total. The first-order chi connectivity index (χ1) is 11.7. The lowest BCUT2D eigenvalue weighted by atomic mass is 9.94. The lowest BCUT2D eigenvalue weighted by molar-refractivity contribution is 1.07. The number of fused-ring (bicyclic) bond motifs is 2. The Bertz CT molecular complexity index is 987. The topological polar surface area (TPSA) is 38.9 Å². The van der Waals surface area contributed by atoms with E-state index in [1.165, 1.54) is 33.0 Å². The van der Waals surface area contributed by atoms with E-state index in [9.17, 15) is 0 Å². The fraction of sp³-hybridized carbons (Fsp3) is 0.136. The number of pyridine rings is 1. The van der Waals surface area contributed by atoms with Gasteiger partial charge in [0.05, 0.1) is 11.0 Å². The number of benzene rings is 3. The third-order valence-electron chi connectivity index (χ3n) is 4.56. The molecule has 0 radical (unpaired) electrons. The minimum atomic E-state index is 0.566. The maximum Gasteiger partial charge on any atom is 0.0716 e. The standard InChI is InChI=1S/C22H20N2/c1-14-3-9-20-18(11-14)22(17-7-5-16(13-23)6-8-17)19-12-15(2)4-10-21(19)24-20/h3-12H,13,23H2,1-2H3. The third-order valence-corrected chi connectivity index (χ3v) is 4.56. The number of hydrogen-bond donors (Lipinski definition) is 1. The van der Waals surface area contributed by atoms with Gasteiger partial charge in [-0.3, -0.25) is 0 Å². The number of hydrogen-bond acceptors (Lipinski definition) is 2. The summed E-state index contributed by atoms with van der Waals surface area (Å²) in [5, 5.41) is 2.40. The maximum absolute atomic E-state index is 5.75. The molecule has 24 heavy (non-hydrogen) atoms. The quantitative estimate of drug-likeness (QED) is 0.521. The van der Waals surface area contributed by atoms with Crippen LogP contribution in [0, 0.1) is 13.8 Å². The fourth-order valence-corrected chi connectivity index (χ4v) is 3.29. The summed E-state index contributed by atoms with van der Waals surface area (Å²) < 4.78 is 0. The van der Waals surface area contributed by atoms with Crippen LogP contribution in [0.3, 0.4) is 0 Å². The van der Waals surface area contributed by atoms with Crippen LogP contribution in [-0.4, -0.2) is 4.98 Å². The lowest BCUT2D eigenvalue weighted by Gasteiger charge is -2.13. The minimum absolute atomic E-state index is 0.566. The zero-order chi connectivity index (χ0) is 16.7. The Hall–Kier alpha value is -2.71. The van der Waals surface area contributed by atoms with Gasteiger partial charge < -0.3 is 5.73 Å². The maximum atomic E-state index is 5.75. The molecule has 0 spiro atoms. The van der Waals surface area contributed by atoms with Gasteiger partial charge >= 0.3 is 0 Å². The largest absolute Gasteiger partial charge is 0.326 e. The van der Waals surface area contributed by atoms with Crippen molar-refractivity contribution in [3.05, 3.63) is 77.4 Å². The summed E-state index contributed by atoms with van der Waals surface area (Å²) in [7, 11) is 0. The predicted molar refractivity (Wildman–Crippen MR) is 102 cm³/mol. The third kappa shape index (κ3) is 2.45. The van der Waals surface area contributed by atoms with Crippen LogP contribution < -0.4 is 5.73 Å². The van der Waals surface area contributed by atoms with Crippen molar-refractivity contribution in [2.75, 3.05) is 0 Å². The monoisotopic (exact) mass is 312 g/mol. The number of rotatable bonds is 2. The molecule has 0 saturated carbocycles. The van der Waals surface area contributed by atoms with Crippen LogP contribution in [0.25, 0.3) is 32.9 Å². The second kappa shape index (κ2) is 5.73. The number of aromatic nitrogens is 1. The van der Waals surface area contributed by atoms with E-state index >= 15 is 0 Å². The Kier molecular flexibility index (Phi) is 3.55. The average molecular weight is 312 g/mol. The van der Waals surface area contributed by atoms with E-state index in [2.05, 4.69) is 74.5 Å². The van der Waals surface area contributed by atoms with Gasteiger partial charge in [-0.05, 0) is 49.2 Å². The van der Waals surface area contributed by atoms with Crippen molar-refractivity contribution in [2.24, 2.45) is 5.73 Å². The van der Waals surface area contributed by atoms with E-state index in [-0.39, 0.29) is 0 Å². The Morgan fingerprint density at radius 1 is 0.750 bits per heavy atom. The van der Waals surface area contributed by atoms with Crippen molar-refractivity contribution in [3.63, 3.8) is 0 Å². The second-order valence-corrected chi connectivity index (χ2v) is 6.43. The summed E-state index contributed by atoms with van der Waals surface area (Å²) in [5.41, 5.74) is 13.9. The smallest absolute Gasteiger partial charge is 0.0716 e. The molecule has 118 valence electrons. The highest BCUT2D eigenvalue weighted by Gasteiger charge is 2.11. The molecular formula is C22H20N2. The van der Waals surface area contributed by atoms with Crippen LogP contribution in [0.15, 0.2) is 60.7 Å². The first-order valence-corrected chi connectivity index (χ1v) is 8.26. The summed E-state index contributed by atoms with van der Waals surface area (Å²) in [6, 6.07) is 21.5. The molecule has 2 heteroatoms. The number of nitrogens with two attached hydrogens (primary N) is 1. The molecule has 3 aromatic carbocycles. The van der Waals surface area contributed by atoms with Gasteiger partial charge in [-0.1, -0.05) is 47.5 Å². The van der Waals surface area contributed by atoms with Crippen molar-refractivity contribution in [1.29, 1.82) is 0 Å². The zero-order valence-corrected chi connectivity index (χ0v) is 14.0.